The van der Waals surface area contributed by atoms with Crippen LogP contribution in [0.3, 0.4) is 0 Å². The average molecular weight is 562 g/mol. The molecule has 3 aromatic rings. The third-order valence-corrected chi connectivity index (χ3v) is 5.84. The van der Waals surface area contributed by atoms with Gasteiger partial charge in [0.15, 0.2) is 18.1 Å². The number of carboxylic acids is 1. The Morgan fingerprint density at radius 2 is 1.86 bits per heavy atom. The molecule has 0 heterocycles. The summed E-state index contributed by atoms with van der Waals surface area (Å²) in [6.07, 6.45) is 0. The first-order valence-electron chi connectivity index (χ1n) is 10.2. The zero-order valence-corrected chi connectivity index (χ0v) is 20.9. The molecule has 0 bridgehead atoms. The summed E-state index contributed by atoms with van der Waals surface area (Å²) in [5, 5.41) is 22.9. The van der Waals surface area contributed by atoms with Crippen LogP contribution in [-0.4, -0.2) is 36.5 Å². The Balaban J connectivity index is 1.85. The predicted molar refractivity (Wildman–Crippen MR) is 138 cm³/mol. The van der Waals surface area contributed by atoms with Crippen molar-refractivity contribution >= 4 is 56.6 Å². The van der Waals surface area contributed by atoms with Gasteiger partial charge in [-0.05, 0) is 54.6 Å². The molecular weight excluding hydrogens is 540 g/mol. The van der Waals surface area contributed by atoms with Gasteiger partial charge in [-0.15, -0.1) is 0 Å². The van der Waals surface area contributed by atoms with Crippen molar-refractivity contribution in [1.82, 2.24) is 0 Å². The van der Waals surface area contributed by atoms with Gasteiger partial charge in [0.05, 0.1) is 12.7 Å². The number of anilines is 2. The summed E-state index contributed by atoms with van der Waals surface area (Å²) in [6.45, 7) is -0.362. The lowest BCUT2D eigenvalue weighted by atomic mass is 10.1. The van der Waals surface area contributed by atoms with Gasteiger partial charge in [0, 0.05) is 38.5 Å². The van der Waals surface area contributed by atoms with Crippen LogP contribution in [0, 0.1) is 5.41 Å². The van der Waals surface area contributed by atoms with Crippen LogP contribution in [0.5, 0.6) is 11.5 Å². The normalized spacial score (nSPS) is 10.4. The molecule has 0 atom stereocenters. The molecule has 1 amide bonds. The first-order chi connectivity index (χ1) is 16.7. The Morgan fingerprint density at radius 3 is 2.49 bits per heavy atom. The number of carbonyl (C=O) groups excluding carboxylic acids is 1. The van der Waals surface area contributed by atoms with Crippen molar-refractivity contribution in [2.75, 3.05) is 24.4 Å². The number of aliphatic carboxylic acids is 1. The van der Waals surface area contributed by atoms with Gasteiger partial charge in [0.2, 0.25) is 0 Å². The standard InChI is InChI=1S/C24H22BrClN4O5/c1-34-20-9-7-18(25)17(22(20)35-12-21(31)32)11-29-19-8-4-14(26)10-16(19)24(33)30-15-5-2-13(3-6-15)23(27)28/h2-10,29H,11-12H2,1H3,(H3,27,28)(H,30,33)(H,31,32). The van der Waals surface area contributed by atoms with Gasteiger partial charge in [-0.3, -0.25) is 10.2 Å². The minimum Gasteiger partial charge on any atom is -0.493 e. The lowest BCUT2D eigenvalue weighted by molar-refractivity contribution is -0.139. The van der Waals surface area contributed by atoms with Crippen molar-refractivity contribution in [1.29, 1.82) is 5.41 Å². The number of hydrogen-bond donors (Lipinski definition) is 5. The zero-order chi connectivity index (χ0) is 25.5. The number of halogens is 2. The summed E-state index contributed by atoms with van der Waals surface area (Å²) >= 11 is 9.62. The summed E-state index contributed by atoms with van der Waals surface area (Å²) in [4.78, 5) is 24.1. The van der Waals surface area contributed by atoms with Crippen molar-refractivity contribution in [2.24, 2.45) is 5.73 Å². The SMILES string of the molecule is COc1ccc(Br)c(CNc2ccc(Cl)cc2C(=O)Nc2ccc(C(=N)N)cc2)c1OCC(=O)O. The van der Waals surface area contributed by atoms with Crippen molar-refractivity contribution < 1.29 is 24.2 Å². The minimum absolute atomic E-state index is 0.0698. The van der Waals surface area contributed by atoms with Crippen LogP contribution >= 0.6 is 27.5 Å². The fourth-order valence-electron chi connectivity index (χ4n) is 3.17. The molecule has 3 aromatic carbocycles. The Labute approximate surface area is 214 Å². The number of amides is 1. The molecule has 3 rings (SSSR count). The number of nitrogens with two attached hydrogens (primary N) is 1. The highest BCUT2D eigenvalue weighted by molar-refractivity contribution is 9.10. The first kappa shape index (κ1) is 25.9. The van der Waals surface area contributed by atoms with E-state index in [9.17, 15) is 9.59 Å². The third-order valence-electron chi connectivity index (χ3n) is 4.86. The van der Waals surface area contributed by atoms with E-state index in [2.05, 4.69) is 26.6 Å². The predicted octanol–water partition coefficient (Wildman–Crippen LogP) is 4.72. The van der Waals surface area contributed by atoms with Gasteiger partial charge in [-0.25, -0.2) is 4.79 Å². The van der Waals surface area contributed by atoms with Crippen molar-refractivity contribution in [3.63, 3.8) is 0 Å². The van der Waals surface area contributed by atoms with Crippen LogP contribution in [-0.2, 0) is 11.3 Å². The molecule has 0 saturated carbocycles. The number of ether oxygens (including phenoxy) is 2. The van der Waals surface area contributed by atoms with E-state index >= 15 is 0 Å². The molecule has 0 fully saturated rings. The fraction of sp³-hybridized carbons (Fsp3) is 0.125. The lowest BCUT2D eigenvalue weighted by Crippen LogP contribution is -2.16. The quantitative estimate of drug-likeness (QED) is 0.178. The number of amidine groups is 1. The number of nitrogens with one attached hydrogen (secondary N) is 3. The molecule has 182 valence electrons. The summed E-state index contributed by atoms with van der Waals surface area (Å²) in [6, 6.07) is 14.8. The number of carbonyl (C=O) groups is 2. The Kier molecular flexibility index (Phi) is 8.56. The Hall–Kier alpha value is -3.76. The van der Waals surface area contributed by atoms with Crippen LogP contribution in [0.25, 0.3) is 0 Å². The molecule has 0 aromatic heterocycles. The molecule has 0 aliphatic carbocycles. The highest BCUT2D eigenvalue weighted by Crippen LogP contribution is 2.37. The van der Waals surface area contributed by atoms with E-state index in [4.69, 9.17) is 37.3 Å². The molecule has 0 aliphatic rings. The van der Waals surface area contributed by atoms with Gasteiger partial charge < -0.3 is 30.9 Å². The van der Waals surface area contributed by atoms with E-state index in [0.29, 0.717) is 43.3 Å². The highest BCUT2D eigenvalue weighted by Gasteiger charge is 2.18. The topological polar surface area (TPSA) is 147 Å². The first-order valence-corrected chi connectivity index (χ1v) is 11.4. The third kappa shape index (κ3) is 6.65. The van der Waals surface area contributed by atoms with E-state index in [1.54, 1.807) is 48.5 Å². The molecule has 0 saturated heterocycles. The molecule has 0 spiro atoms. The van der Waals surface area contributed by atoms with Crippen molar-refractivity contribution in [3.8, 4) is 11.5 Å². The lowest BCUT2D eigenvalue weighted by Gasteiger charge is -2.18. The fourth-order valence-corrected chi connectivity index (χ4v) is 3.80. The zero-order valence-electron chi connectivity index (χ0n) is 18.5. The van der Waals surface area contributed by atoms with Crippen molar-refractivity contribution in [2.45, 2.75) is 6.54 Å². The summed E-state index contributed by atoms with van der Waals surface area (Å²) in [5.41, 5.74) is 7.92. The molecule has 0 radical (unpaired) electrons. The highest BCUT2D eigenvalue weighted by atomic mass is 79.9. The van der Waals surface area contributed by atoms with E-state index in [0.717, 1.165) is 0 Å². The summed E-state index contributed by atoms with van der Waals surface area (Å²) in [7, 11) is 1.46. The number of rotatable bonds is 10. The molecular formula is C24H22BrClN4O5. The second kappa shape index (κ2) is 11.6. The molecule has 0 aliphatic heterocycles. The summed E-state index contributed by atoms with van der Waals surface area (Å²) < 4.78 is 11.5. The second-order valence-corrected chi connectivity index (χ2v) is 8.52. The number of carboxylic acid groups (broad SMARTS) is 1. The molecule has 6 N–H and O–H groups in total. The monoisotopic (exact) mass is 560 g/mol. The van der Waals surface area contributed by atoms with Gasteiger partial charge in [-0.2, -0.15) is 0 Å². The van der Waals surface area contributed by atoms with Gasteiger partial charge in [-0.1, -0.05) is 27.5 Å². The van der Waals surface area contributed by atoms with Gasteiger partial charge >= 0.3 is 5.97 Å². The Bertz CT molecular complexity index is 1270. The maximum atomic E-state index is 13.0. The molecule has 0 unspecified atom stereocenters. The van der Waals surface area contributed by atoms with Gasteiger partial charge in [0.25, 0.3) is 5.91 Å². The number of hydrogen-bond acceptors (Lipinski definition) is 6. The maximum absolute atomic E-state index is 13.0. The number of nitrogen functional groups attached to an aromatic ring is 1. The van der Waals surface area contributed by atoms with Crippen LogP contribution < -0.4 is 25.8 Å². The minimum atomic E-state index is -1.13. The Morgan fingerprint density at radius 1 is 1.14 bits per heavy atom. The van der Waals surface area contributed by atoms with Crippen LogP contribution in [0.4, 0.5) is 11.4 Å². The molecule has 35 heavy (non-hydrogen) atoms. The van der Waals surface area contributed by atoms with Crippen LogP contribution in [0.1, 0.15) is 21.5 Å². The van der Waals surface area contributed by atoms with E-state index < -0.39 is 18.5 Å². The maximum Gasteiger partial charge on any atom is 0.341 e. The smallest absolute Gasteiger partial charge is 0.341 e. The van der Waals surface area contributed by atoms with Gasteiger partial charge in [0.1, 0.15) is 5.84 Å². The number of benzene rings is 3. The van der Waals surface area contributed by atoms with Crippen LogP contribution in [0.15, 0.2) is 59.1 Å². The molecule has 9 nitrogen and oxygen atoms in total. The van der Waals surface area contributed by atoms with E-state index in [1.807, 2.05) is 0 Å². The molecule has 11 heteroatoms. The number of methoxy groups -OCH3 is 1. The second-order valence-electron chi connectivity index (χ2n) is 7.23. The summed E-state index contributed by atoms with van der Waals surface area (Å²) in [5.74, 6) is -0.965. The largest absolute Gasteiger partial charge is 0.493 e. The van der Waals surface area contributed by atoms with Crippen molar-refractivity contribution in [3.05, 3.63) is 80.8 Å². The van der Waals surface area contributed by atoms with E-state index in [-0.39, 0.29) is 18.1 Å². The van der Waals surface area contributed by atoms with E-state index in [1.165, 1.54) is 13.2 Å². The van der Waals surface area contributed by atoms with Crippen LogP contribution in [0.2, 0.25) is 5.02 Å². The average Bonchev–Trinajstić information content (AvgIpc) is 2.82.